The second-order valence-corrected chi connectivity index (χ2v) is 8.45. The zero-order valence-corrected chi connectivity index (χ0v) is 17.9. The molecule has 0 spiro atoms. The van der Waals surface area contributed by atoms with E-state index >= 15 is 0 Å². The molecule has 0 amide bonds. The first kappa shape index (κ1) is 21.3. The van der Waals surface area contributed by atoms with Crippen LogP contribution in [0, 0.1) is 0 Å². The number of rotatable bonds is 3. The molecule has 5 rings (SSSR count). The van der Waals surface area contributed by atoms with E-state index < -0.39 is 11.8 Å². The van der Waals surface area contributed by atoms with Gasteiger partial charge in [0.1, 0.15) is 34.5 Å². The van der Waals surface area contributed by atoms with Crippen LogP contribution in [0.4, 0.5) is 0 Å². The largest absolute Gasteiger partial charge is 0.508 e. The Morgan fingerprint density at radius 1 is 0.500 bits per heavy atom. The molecule has 2 atom stereocenters. The van der Waals surface area contributed by atoms with Gasteiger partial charge in [-0.25, -0.2) is 0 Å². The summed E-state index contributed by atoms with van der Waals surface area (Å²) in [6.45, 7) is 0. The molecule has 0 saturated heterocycles. The van der Waals surface area contributed by atoms with Crippen LogP contribution in [0.5, 0.6) is 34.5 Å². The quantitative estimate of drug-likeness (QED) is 0.247. The zero-order valence-electron chi connectivity index (χ0n) is 17.9. The summed E-state index contributed by atoms with van der Waals surface area (Å²) in [7, 11) is 0. The maximum atomic E-state index is 10.9. The Morgan fingerprint density at radius 3 is 1.68 bits per heavy atom. The molecule has 0 aromatic heterocycles. The Balaban J connectivity index is 1.82. The predicted molar refractivity (Wildman–Crippen MR) is 128 cm³/mol. The Hall–Kier alpha value is -4.58. The van der Waals surface area contributed by atoms with Crippen LogP contribution in [0.1, 0.15) is 39.7 Å². The molecule has 0 saturated carbocycles. The van der Waals surface area contributed by atoms with Gasteiger partial charge in [-0.05, 0) is 70.3 Å². The van der Waals surface area contributed by atoms with E-state index in [-0.39, 0.29) is 34.5 Å². The Labute approximate surface area is 195 Å². The highest BCUT2D eigenvalue weighted by Gasteiger charge is 2.41. The van der Waals surface area contributed by atoms with Gasteiger partial charge in [0.05, 0.1) is 0 Å². The van der Waals surface area contributed by atoms with Crippen molar-refractivity contribution in [2.45, 2.75) is 11.8 Å². The second-order valence-electron chi connectivity index (χ2n) is 8.45. The summed E-state index contributed by atoms with van der Waals surface area (Å²) in [6.07, 6.45) is 1.89. The Morgan fingerprint density at radius 2 is 1.06 bits per heavy atom. The van der Waals surface area contributed by atoms with E-state index in [2.05, 4.69) is 0 Å². The van der Waals surface area contributed by atoms with E-state index in [4.69, 9.17) is 0 Å². The summed E-state index contributed by atoms with van der Waals surface area (Å²) >= 11 is 0. The average molecular weight is 454 g/mol. The van der Waals surface area contributed by atoms with Crippen LogP contribution in [-0.2, 0) is 0 Å². The lowest BCUT2D eigenvalue weighted by molar-refractivity contribution is 0.444. The van der Waals surface area contributed by atoms with Gasteiger partial charge >= 0.3 is 0 Å². The van der Waals surface area contributed by atoms with Crippen LogP contribution in [0.15, 0.2) is 78.9 Å². The molecule has 0 aliphatic heterocycles. The molecular weight excluding hydrogens is 432 g/mol. The third-order valence-corrected chi connectivity index (χ3v) is 6.18. The lowest BCUT2D eigenvalue weighted by atomic mass is 9.79. The molecule has 1 aliphatic carbocycles. The summed E-state index contributed by atoms with van der Waals surface area (Å²) < 4.78 is 0. The smallest absolute Gasteiger partial charge is 0.123 e. The van der Waals surface area contributed by atoms with Gasteiger partial charge in [0.2, 0.25) is 0 Å². The van der Waals surface area contributed by atoms with Gasteiger partial charge in [0.15, 0.2) is 0 Å². The molecule has 0 bridgehead atoms. The van der Waals surface area contributed by atoms with Crippen molar-refractivity contribution < 1.29 is 30.6 Å². The van der Waals surface area contributed by atoms with Gasteiger partial charge in [-0.2, -0.15) is 0 Å². The third-order valence-electron chi connectivity index (χ3n) is 6.18. The molecule has 0 radical (unpaired) electrons. The van der Waals surface area contributed by atoms with E-state index in [1.807, 2.05) is 6.08 Å². The monoisotopic (exact) mass is 454 g/mol. The molecule has 6 heteroatoms. The van der Waals surface area contributed by atoms with E-state index in [1.165, 1.54) is 12.1 Å². The fraction of sp³-hybridized carbons (Fsp3) is 0.0714. The maximum absolute atomic E-state index is 10.9. The summed E-state index contributed by atoms with van der Waals surface area (Å²) in [4.78, 5) is 0. The van der Waals surface area contributed by atoms with Gasteiger partial charge in [-0.1, -0.05) is 30.3 Å². The average Bonchev–Trinajstić information content (AvgIpc) is 3.09. The Kier molecular flexibility index (Phi) is 5.06. The first-order valence-corrected chi connectivity index (χ1v) is 10.7. The third kappa shape index (κ3) is 3.75. The van der Waals surface area contributed by atoms with Crippen LogP contribution in [0.25, 0.3) is 11.6 Å². The van der Waals surface area contributed by atoms with Crippen molar-refractivity contribution in [1.29, 1.82) is 0 Å². The van der Waals surface area contributed by atoms with Crippen LogP contribution in [0.3, 0.4) is 0 Å². The number of phenols is 6. The minimum atomic E-state index is -0.459. The van der Waals surface area contributed by atoms with Crippen molar-refractivity contribution in [3.05, 3.63) is 107 Å². The summed E-state index contributed by atoms with van der Waals surface area (Å²) in [5, 5.41) is 61.2. The maximum Gasteiger partial charge on any atom is 0.123 e. The molecule has 6 nitrogen and oxygen atoms in total. The highest BCUT2D eigenvalue weighted by molar-refractivity contribution is 5.93. The van der Waals surface area contributed by atoms with Crippen LogP contribution >= 0.6 is 0 Å². The molecular formula is C28H22O6. The van der Waals surface area contributed by atoms with E-state index in [0.29, 0.717) is 16.7 Å². The standard InChI is InChI=1S/C28H22O6/c29-18-5-1-15(2-6-18)9-23-24-13-22(33)14-25(34)28(24)27(16-3-7-19(30)8-4-16)26(23)17-10-20(31)12-21(32)11-17/h1-14,26-27,29-34H/b23-9-/t26-,27+/m1/s1. The number of benzene rings is 4. The lowest BCUT2D eigenvalue weighted by Gasteiger charge is -2.23. The van der Waals surface area contributed by atoms with Crippen molar-refractivity contribution in [3.63, 3.8) is 0 Å². The number of aromatic hydroxyl groups is 6. The normalized spacial score (nSPS) is 18.2. The number of hydrogen-bond donors (Lipinski definition) is 6. The number of phenolic OH excluding ortho intramolecular Hbond substituents is 6. The molecule has 6 N–H and O–H groups in total. The fourth-order valence-electron chi connectivity index (χ4n) is 4.83. The molecule has 4 aromatic carbocycles. The molecule has 0 fully saturated rings. The van der Waals surface area contributed by atoms with Gasteiger partial charge in [0.25, 0.3) is 0 Å². The van der Waals surface area contributed by atoms with Crippen molar-refractivity contribution >= 4 is 11.6 Å². The first-order valence-electron chi connectivity index (χ1n) is 10.7. The minimum Gasteiger partial charge on any atom is -0.508 e. The SMILES string of the molecule is Oc1ccc(/C=C2/c3cc(O)cc(O)c3[C@@H](c3ccc(O)cc3)[C@@H]2c2cc(O)cc(O)c2)cc1. The van der Waals surface area contributed by atoms with Crippen molar-refractivity contribution in [1.82, 2.24) is 0 Å². The molecule has 4 aromatic rings. The first-order chi connectivity index (χ1) is 16.3. The summed E-state index contributed by atoms with van der Waals surface area (Å²) in [6, 6.07) is 20.5. The summed E-state index contributed by atoms with van der Waals surface area (Å²) in [5.41, 5.74) is 4.13. The topological polar surface area (TPSA) is 121 Å². The van der Waals surface area contributed by atoms with Crippen molar-refractivity contribution in [2.24, 2.45) is 0 Å². The molecule has 0 unspecified atom stereocenters. The predicted octanol–water partition coefficient (Wildman–Crippen LogP) is 5.39. The van der Waals surface area contributed by atoms with Crippen LogP contribution < -0.4 is 0 Å². The van der Waals surface area contributed by atoms with Crippen LogP contribution in [-0.4, -0.2) is 30.6 Å². The fourth-order valence-corrected chi connectivity index (χ4v) is 4.83. The minimum absolute atomic E-state index is 0.0865. The Bertz CT molecular complexity index is 1380. The van der Waals surface area contributed by atoms with Crippen LogP contribution in [0.2, 0.25) is 0 Å². The van der Waals surface area contributed by atoms with E-state index in [9.17, 15) is 30.6 Å². The number of fused-ring (bicyclic) bond motifs is 1. The molecule has 34 heavy (non-hydrogen) atoms. The number of hydrogen-bond acceptors (Lipinski definition) is 6. The van der Waals surface area contributed by atoms with E-state index in [0.717, 1.165) is 16.7 Å². The molecule has 0 heterocycles. The van der Waals surface area contributed by atoms with Crippen molar-refractivity contribution in [2.75, 3.05) is 0 Å². The zero-order chi connectivity index (χ0) is 24.0. The van der Waals surface area contributed by atoms with Crippen molar-refractivity contribution in [3.8, 4) is 34.5 Å². The highest BCUT2D eigenvalue weighted by Crippen LogP contribution is 2.58. The van der Waals surface area contributed by atoms with Gasteiger partial charge in [-0.3, -0.25) is 0 Å². The number of allylic oxidation sites excluding steroid dienone is 1. The molecule has 170 valence electrons. The molecule has 1 aliphatic rings. The second kappa shape index (κ2) is 8.08. The van der Waals surface area contributed by atoms with Gasteiger partial charge < -0.3 is 30.6 Å². The van der Waals surface area contributed by atoms with E-state index in [1.54, 1.807) is 66.7 Å². The lowest BCUT2D eigenvalue weighted by Crippen LogP contribution is -2.08. The summed E-state index contributed by atoms with van der Waals surface area (Å²) in [5.74, 6) is -1.07. The highest BCUT2D eigenvalue weighted by atomic mass is 16.3. The van der Waals surface area contributed by atoms with Gasteiger partial charge in [-0.15, -0.1) is 0 Å². The van der Waals surface area contributed by atoms with Gasteiger partial charge in [0, 0.05) is 29.5 Å².